The fraction of sp³-hybridized carbons (Fsp3) is 0.222. The molecule has 3 aromatic rings. The molecule has 0 unspecified atom stereocenters. The van der Waals surface area contributed by atoms with Crippen LogP contribution in [0, 0.1) is 17.0 Å². The molecule has 0 spiro atoms. The summed E-state index contributed by atoms with van der Waals surface area (Å²) in [5, 5.41) is 18.3. The van der Waals surface area contributed by atoms with Crippen LogP contribution in [0.2, 0.25) is 0 Å². The first-order valence-electron chi connectivity index (χ1n) is 8.02. The van der Waals surface area contributed by atoms with Crippen LogP contribution in [0.25, 0.3) is 22.8 Å². The van der Waals surface area contributed by atoms with Crippen molar-refractivity contribution in [3.05, 3.63) is 58.1 Å². The number of aromatic nitrogens is 2. The van der Waals surface area contributed by atoms with Gasteiger partial charge in [0.05, 0.1) is 4.92 Å². The van der Waals surface area contributed by atoms with Crippen LogP contribution in [0.4, 0.5) is 11.4 Å². The normalized spacial score (nSPS) is 10.6. The Morgan fingerprint density at radius 2 is 1.88 bits per heavy atom. The zero-order chi connectivity index (χ0) is 17.8. The zero-order valence-corrected chi connectivity index (χ0v) is 14.0. The summed E-state index contributed by atoms with van der Waals surface area (Å²) in [6, 6.07) is 12.6. The lowest BCUT2D eigenvalue weighted by molar-refractivity contribution is -0.383. The van der Waals surface area contributed by atoms with Crippen LogP contribution < -0.4 is 5.32 Å². The zero-order valence-electron chi connectivity index (χ0n) is 14.0. The molecule has 3 rings (SSSR count). The first-order chi connectivity index (χ1) is 12.1. The average molecular weight is 338 g/mol. The maximum atomic E-state index is 11.3. The maximum Gasteiger partial charge on any atom is 0.293 e. The van der Waals surface area contributed by atoms with Crippen LogP contribution in [0.1, 0.15) is 18.9 Å². The minimum Gasteiger partial charge on any atom is -0.380 e. The van der Waals surface area contributed by atoms with E-state index in [0.717, 1.165) is 17.5 Å². The molecule has 0 bridgehead atoms. The van der Waals surface area contributed by atoms with E-state index in [0.29, 0.717) is 23.6 Å². The molecule has 1 N–H and O–H groups in total. The third-order valence-corrected chi connectivity index (χ3v) is 3.74. The Hall–Kier alpha value is -3.22. The molecule has 2 aromatic carbocycles. The molecule has 0 atom stereocenters. The number of nitrogens with zero attached hydrogens (tertiary/aromatic N) is 3. The molecule has 0 saturated heterocycles. The third-order valence-electron chi connectivity index (χ3n) is 3.74. The van der Waals surface area contributed by atoms with Crippen molar-refractivity contribution in [3.63, 3.8) is 0 Å². The van der Waals surface area contributed by atoms with Crippen LogP contribution in [-0.2, 0) is 0 Å². The first-order valence-corrected chi connectivity index (χ1v) is 8.02. The molecule has 0 fully saturated rings. The van der Waals surface area contributed by atoms with Gasteiger partial charge in [-0.05, 0) is 25.5 Å². The Kier molecular flexibility index (Phi) is 4.74. The van der Waals surface area contributed by atoms with Gasteiger partial charge in [0.2, 0.25) is 5.82 Å². The molecular formula is C18H18N4O3. The molecule has 7 heteroatoms. The van der Waals surface area contributed by atoms with E-state index >= 15 is 0 Å². The highest BCUT2D eigenvalue weighted by Crippen LogP contribution is 2.31. The van der Waals surface area contributed by atoms with Gasteiger partial charge in [-0.3, -0.25) is 10.1 Å². The van der Waals surface area contributed by atoms with E-state index in [9.17, 15) is 10.1 Å². The van der Waals surface area contributed by atoms with E-state index in [1.165, 1.54) is 6.07 Å². The average Bonchev–Trinajstić information content (AvgIpc) is 3.10. The Morgan fingerprint density at radius 1 is 1.16 bits per heavy atom. The second-order valence-electron chi connectivity index (χ2n) is 5.70. The van der Waals surface area contributed by atoms with Crippen molar-refractivity contribution in [2.45, 2.75) is 20.3 Å². The fourth-order valence-corrected chi connectivity index (χ4v) is 2.39. The number of nitro benzene ring substituents is 1. The van der Waals surface area contributed by atoms with Gasteiger partial charge < -0.3 is 9.84 Å². The molecule has 0 aliphatic heterocycles. The molecule has 7 nitrogen and oxygen atoms in total. The topological polar surface area (TPSA) is 94.1 Å². The summed E-state index contributed by atoms with van der Waals surface area (Å²) in [7, 11) is 0. The lowest BCUT2D eigenvalue weighted by Gasteiger charge is -2.06. The van der Waals surface area contributed by atoms with Gasteiger partial charge >= 0.3 is 0 Å². The van der Waals surface area contributed by atoms with Crippen LogP contribution in [-0.4, -0.2) is 21.6 Å². The van der Waals surface area contributed by atoms with Gasteiger partial charge in [-0.25, -0.2) is 0 Å². The third kappa shape index (κ3) is 3.65. The monoisotopic (exact) mass is 338 g/mol. The van der Waals surface area contributed by atoms with Crippen molar-refractivity contribution >= 4 is 11.4 Å². The van der Waals surface area contributed by atoms with Gasteiger partial charge in [-0.1, -0.05) is 41.9 Å². The van der Waals surface area contributed by atoms with Crippen LogP contribution in [0.3, 0.4) is 0 Å². The van der Waals surface area contributed by atoms with Gasteiger partial charge in [-0.2, -0.15) is 4.98 Å². The second kappa shape index (κ2) is 7.12. The van der Waals surface area contributed by atoms with E-state index in [1.54, 1.807) is 12.1 Å². The smallest absolute Gasteiger partial charge is 0.293 e. The minimum atomic E-state index is -0.418. The van der Waals surface area contributed by atoms with Crippen molar-refractivity contribution in [3.8, 4) is 22.8 Å². The van der Waals surface area contributed by atoms with Crippen LogP contribution in [0.5, 0.6) is 0 Å². The molecule has 0 radical (unpaired) electrons. The Balaban J connectivity index is 1.93. The summed E-state index contributed by atoms with van der Waals surface area (Å²) in [6.45, 7) is 4.66. The van der Waals surface area contributed by atoms with Gasteiger partial charge in [-0.15, -0.1) is 0 Å². The molecule has 0 saturated carbocycles. The second-order valence-corrected chi connectivity index (χ2v) is 5.70. The van der Waals surface area contributed by atoms with Crippen LogP contribution >= 0.6 is 0 Å². The molecule has 0 amide bonds. The lowest BCUT2D eigenvalue weighted by Crippen LogP contribution is -2.03. The Morgan fingerprint density at radius 3 is 2.56 bits per heavy atom. The van der Waals surface area contributed by atoms with Gasteiger partial charge in [0, 0.05) is 23.7 Å². The standard InChI is InChI=1S/C18H18N4O3/c1-3-10-19-15-9-8-14(11-16(15)22(23)24)18-20-17(21-25-18)13-6-4-12(2)5-7-13/h4-9,11,19H,3,10H2,1-2H3. The van der Waals surface area contributed by atoms with Crippen molar-refractivity contribution in [1.29, 1.82) is 0 Å². The highest BCUT2D eigenvalue weighted by Gasteiger charge is 2.18. The summed E-state index contributed by atoms with van der Waals surface area (Å²) in [5.74, 6) is 0.701. The number of benzene rings is 2. The number of anilines is 1. The summed E-state index contributed by atoms with van der Waals surface area (Å²) in [6.07, 6.45) is 0.877. The lowest BCUT2D eigenvalue weighted by atomic mass is 10.1. The van der Waals surface area contributed by atoms with E-state index in [-0.39, 0.29) is 11.6 Å². The van der Waals surface area contributed by atoms with Gasteiger partial charge in [0.25, 0.3) is 11.6 Å². The molecule has 25 heavy (non-hydrogen) atoms. The summed E-state index contributed by atoms with van der Waals surface area (Å²) in [4.78, 5) is 15.3. The summed E-state index contributed by atoms with van der Waals surface area (Å²) in [5.41, 5.74) is 2.95. The number of hydrogen-bond donors (Lipinski definition) is 1. The van der Waals surface area contributed by atoms with Crippen molar-refractivity contribution in [2.75, 3.05) is 11.9 Å². The number of nitrogens with one attached hydrogen (secondary N) is 1. The largest absolute Gasteiger partial charge is 0.380 e. The SMILES string of the molecule is CCCNc1ccc(-c2nc(-c3ccc(C)cc3)no2)cc1[N+](=O)[O-]. The predicted octanol–water partition coefficient (Wildman–Crippen LogP) is 4.44. The van der Waals surface area contributed by atoms with E-state index in [2.05, 4.69) is 15.5 Å². The Labute approximate surface area is 144 Å². The predicted molar refractivity (Wildman–Crippen MR) is 95.3 cm³/mol. The summed E-state index contributed by atoms with van der Waals surface area (Å²) >= 11 is 0. The van der Waals surface area contributed by atoms with Crippen molar-refractivity contribution < 1.29 is 9.45 Å². The van der Waals surface area contributed by atoms with E-state index in [4.69, 9.17) is 4.52 Å². The van der Waals surface area contributed by atoms with E-state index in [1.807, 2.05) is 38.1 Å². The molecular weight excluding hydrogens is 320 g/mol. The molecule has 1 aromatic heterocycles. The maximum absolute atomic E-state index is 11.3. The van der Waals surface area contributed by atoms with Gasteiger partial charge in [0.1, 0.15) is 5.69 Å². The van der Waals surface area contributed by atoms with Gasteiger partial charge in [0.15, 0.2) is 0 Å². The highest BCUT2D eigenvalue weighted by atomic mass is 16.6. The molecule has 128 valence electrons. The first kappa shape index (κ1) is 16.6. The highest BCUT2D eigenvalue weighted by molar-refractivity contribution is 5.70. The van der Waals surface area contributed by atoms with Crippen molar-refractivity contribution in [1.82, 2.24) is 10.1 Å². The van der Waals surface area contributed by atoms with Crippen molar-refractivity contribution in [2.24, 2.45) is 0 Å². The fourth-order valence-electron chi connectivity index (χ4n) is 2.39. The minimum absolute atomic E-state index is 0.0129. The van der Waals surface area contributed by atoms with E-state index < -0.39 is 4.92 Å². The van der Waals surface area contributed by atoms with Crippen LogP contribution in [0.15, 0.2) is 47.0 Å². The quantitative estimate of drug-likeness (QED) is 0.527. The Bertz CT molecular complexity index is 888. The molecule has 0 aliphatic carbocycles. The molecule has 1 heterocycles. The number of rotatable bonds is 6. The number of nitro groups is 1. The molecule has 0 aliphatic rings. The number of aryl methyl sites for hydroxylation is 1. The number of hydrogen-bond acceptors (Lipinski definition) is 6. The summed E-state index contributed by atoms with van der Waals surface area (Å²) < 4.78 is 5.29.